The molecule has 0 spiro atoms. The maximum Gasteiger partial charge on any atom is 0.573 e. The lowest BCUT2D eigenvalue weighted by Crippen LogP contribution is -2.30. The van der Waals surface area contributed by atoms with Crippen LogP contribution < -0.4 is 14.8 Å². The van der Waals surface area contributed by atoms with Gasteiger partial charge in [0.05, 0.1) is 5.57 Å². The Bertz CT molecular complexity index is 889. The van der Waals surface area contributed by atoms with Crippen molar-refractivity contribution in [3.63, 3.8) is 0 Å². The van der Waals surface area contributed by atoms with Crippen LogP contribution in [0.1, 0.15) is 18.1 Å². The van der Waals surface area contributed by atoms with E-state index in [1.54, 1.807) is 6.92 Å². The van der Waals surface area contributed by atoms with Gasteiger partial charge in [-0.15, -0.1) is 13.2 Å². The van der Waals surface area contributed by atoms with E-state index in [-0.39, 0.29) is 17.7 Å². The summed E-state index contributed by atoms with van der Waals surface area (Å²) < 4.78 is 60.5. The summed E-state index contributed by atoms with van der Waals surface area (Å²) in [4.78, 5) is 12.4. The van der Waals surface area contributed by atoms with Crippen LogP contribution in [-0.4, -0.2) is 25.4 Å². The van der Waals surface area contributed by atoms with E-state index in [1.807, 2.05) is 0 Å². The second-order valence-electron chi connectivity index (χ2n) is 5.71. The maximum absolute atomic E-state index is 13.3. The van der Waals surface area contributed by atoms with Gasteiger partial charge < -0.3 is 14.8 Å². The molecule has 0 aromatic heterocycles. The Morgan fingerprint density at radius 1 is 1.19 bits per heavy atom. The average Bonchev–Trinajstić information content (AvgIpc) is 2.60. The number of fused-ring (bicyclic) bond motifs is 1. The first-order valence-corrected chi connectivity index (χ1v) is 8.08. The minimum Gasteiger partial charge on any atom is -0.488 e. The molecule has 1 heterocycles. The van der Waals surface area contributed by atoms with Gasteiger partial charge in [-0.1, -0.05) is 12.1 Å². The first kappa shape index (κ1) is 18.8. The molecule has 0 atom stereocenters. The second-order valence-corrected chi connectivity index (χ2v) is 5.71. The third-order valence-corrected chi connectivity index (χ3v) is 3.87. The molecule has 142 valence electrons. The Labute approximate surface area is 152 Å². The minimum absolute atomic E-state index is 0.0645. The predicted octanol–water partition coefficient (Wildman–Crippen LogP) is 4.05. The normalized spacial score (nSPS) is 13.7. The van der Waals surface area contributed by atoms with Gasteiger partial charge in [0.25, 0.3) is 5.91 Å². The zero-order chi connectivity index (χ0) is 19.6. The van der Waals surface area contributed by atoms with Crippen LogP contribution in [0, 0.1) is 5.82 Å². The van der Waals surface area contributed by atoms with E-state index in [4.69, 9.17) is 4.74 Å². The smallest absolute Gasteiger partial charge is 0.488 e. The molecule has 0 fully saturated rings. The van der Waals surface area contributed by atoms with Crippen LogP contribution in [0.25, 0.3) is 5.57 Å². The Morgan fingerprint density at radius 2 is 1.89 bits per heavy atom. The number of hydrogen-bond donors (Lipinski definition) is 1. The van der Waals surface area contributed by atoms with Crippen molar-refractivity contribution in [2.24, 2.45) is 0 Å². The third kappa shape index (κ3) is 4.21. The molecule has 2 aromatic carbocycles. The lowest BCUT2D eigenvalue weighted by Gasteiger charge is -2.24. The van der Waals surface area contributed by atoms with E-state index in [9.17, 15) is 22.4 Å². The van der Waals surface area contributed by atoms with Gasteiger partial charge in [-0.2, -0.15) is 0 Å². The van der Waals surface area contributed by atoms with Crippen molar-refractivity contribution in [3.8, 4) is 11.5 Å². The van der Waals surface area contributed by atoms with Gasteiger partial charge in [0.15, 0.2) is 0 Å². The Balaban J connectivity index is 2.16. The van der Waals surface area contributed by atoms with Gasteiger partial charge in [-0.3, -0.25) is 4.79 Å². The van der Waals surface area contributed by atoms with Crippen molar-refractivity contribution in [1.29, 1.82) is 0 Å². The van der Waals surface area contributed by atoms with Crippen LogP contribution in [0.2, 0.25) is 0 Å². The maximum atomic E-state index is 13.3. The van der Waals surface area contributed by atoms with E-state index < -0.39 is 23.8 Å². The monoisotopic (exact) mass is 381 g/mol. The molecule has 0 bridgehead atoms. The Morgan fingerprint density at radius 3 is 2.52 bits per heavy atom. The van der Waals surface area contributed by atoms with E-state index in [1.165, 1.54) is 30.3 Å². The Kier molecular flexibility index (Phi) is 5.07. The van der Waals surface area contributed by atoms with E-state index in [0.717, 1.165) is 12.1 Å². The minimum atomic E-state index is -4.86. The van der Waals surface area contributed by atoms with Gasteiger partial charge in [0, 0.05) is 17.7 Å². The molecule has 4 nitrogen and oxygen atoms in total. The number of carbonyl (C=O) groups excluding carboxylic acids is 1. The number of hydrogen-bond acceptors (Lipinski definition) is 3. The quantitative estimate of drug-likeness (QED) is 0.813. The van der Waals surface area contributed by atoms with Crippen LogP contribution in [-0.2, 0) is 4.79 Å². The van der Waals surface area contributed by atoms with Gasteiger partial charge in [-0.05, 0) is 42.8 Å². The fourth-order valence-electron chi connectivity index (χ4n) is 2.80. The molecule has 1 amide bonds. The number of amides is 1. The fourth-order valence-corrected chi connectivity index (χ4v) is 2.80. The van der Waals surface area contributed by atoms with E-state index in [0.29, 0.717) is 23.4 Å². The van der Waals surface area contributed by atoms with Crippen molar-refractivity contribution >= 4 is 11.5 Å². The lowest BCUT2D eigenvalue weighted by molar-refractivity contribution is -0.274. The molecule has 0 saturated heterocycles. The zero-order valence-electron chi connectivity index (χ0n) is 14.2. The highest BCUT2D eigenvalue weighted by molar-refractivity contribution is 6.06. The van der Waals surface area contributed by atoms with Gasteiger partial charge in [0.2, 0.25) is 0 Å². The highest BCUT2D eigenvalue weighted by Gasteiger charge is 2.32. The summed E-state index contributed by atoms with van der Waals surface area (Å²) in [5, 5.41) is 2.65. The van der Waals surface area contributed by atoms with Crippen LogP contribution in [0.15, 0.2) is 48.0 Å². The topological polar surface area (TPSA) is 47.6 Å². The molecule has 2 aromatic rings. The number of halogens is 4. The summed E-state index contributed by atoms with van der Waals surface area (Å²) >= 11 is 0. The van der Waals surface area contributed by atoms with Crippen LogP contribution in [0.5, 0.6) is 11.5 Å². The van der Waals surface area contributed by atoms with E-state index >= 15 is 0 Å². The summed E-state index contributed by atoms with van der Waals surface area (Å²) in [7, 11) is 0. The molecule has 0 unspecified atom stereocenters. The SMILES string of the molecule is CCNC(=O)C1=C(c2ccc(F)cc2)c2cc(OC(F)(F)F)ccc2OC1. The summed E-state index contributed by atoms with van der Waals surface area (Å²) in [5.74, 6) is -1.02. The summed E-state index contributed by atoms with van der Waals surface area (Å²) in [6, 6.07) is 8.96. The number of carbonyl (C=O) groups is 1. The van der Waals surface area contributed by atoms with Crippen LogP contribution >= 0.6 is 0 Å². The van der Waals surface area contributed by atoms with Crippen LogP contribution in [0.4, 0.5) is 17.6 Å². The molecule has 1 aliphatic rings. The predicted molar refractivity (Wildman–Crippen MR) is 89.7 cm³/mol. The van der Waals surface area contributed by atoms with Crippen molar-refractivity contribution in [2.75, 3.05) is 13.2 Å². The number of alkyl halides is 3. The van der Waals surface area contributed by atoms with Crippen molar-refractivity contribution in [3.05, 3.63) is 65.0 Å². The largest absolute Gasteiger partial charge is 0.573 e. The van der Waals surface area contributed by atoms with Crippen LogP contribution in [0.3, 0.4) is 0 Å². The Hall–Kier alpha value is -3.03. The molecule has 8 heteroatoms. The summed E-state index contributed by atoms with van der Waals surface area (Å²) in [5.41, 5.74) is 1.34. The first-order chi connectivity index (χ1) is 12.8. The summed E-state index contributed by atoms with van der Waals surface area (Å²) in [6.45, 7) is 2.04. The molecular weight excluding hydrogens is 366 g/mol. The number of rotatable bonds is 4. The first-order valence-electron chi connectivity index (χ1n) is 8.08. The highest BCUT2D eigenvalue weighted by Crippen LogP contribution is 2.40. The zero-order valence-corrected chi connectivity index (χ0v) is 14.2. The lowest BCUT2D eigenvalue weighted by atomic mass is 9.90. The molecule has 3 rings (SSSR count). The molecule has 0 saturated carbocycles. The molecule has 0 radical (unpaired) electrons. The fraction of sp³-hybridized carbons (Fsp3) is 0.211. The van der Waals surface area contributed by atoms with Crippen molar-refractivity contribution < 1.29 is 31.8 Å². The second kappa shape index (κ2) is 7.30. The molecule has 0 aliphatic carbocycles. The number of ether oxygens (including phenoxy) is 2. The molecule has 1 aliphatic heterocycles. The molecular formula is C19H15F4NO3. The van der Waals surface area contributed by atoms with Gasteiger partial charge >= 0.3 is 6.36 Å². The number of nitrogens with one attached hydrogen (secondary N) is 1. The standard InChI is InChI=1S/C19H15F4NO3/c1-2-24-18(25)15-10-26-16-8-7-13(27-19(21,22)23)9-14(16)17(15)11-3-5-12(20)6-4-11/h3-9H,2,10H2,1H3,(H,24,25). The third-order valence-electron chi connectivity index (χ3n) is 3.87. The highest BCUT2D eigenvalue weighted by atomic mass is 19.4. The number of benzene rings is 2. The van der Waals surface area contributed by atoms with Crippen molar-refractivity contribution in [2.45, 2.75) is 13.3 Å². The summed E-state index contributed by atoms with van der Waals surface area (Å²) in [6.07, 6.45) is -4.86. The number of likely N-dealkylation sites (N-methyl/N-ethyl adjacent to an activating group) is 1. The van der Waals surface area contributed by atoms with Gasteiger partial charge in [-0.25, -0.2) is 4.39 Å². The average molecular weight is 381 g/mol. The molecule has 1 N–H and O–H groups in total. The van der Waals surface area contributed by atoms with Crippen molar-refractivity contribution in [1.82, 2.24) is 5.32 Å². The van der Waals surface area contributed by atoms with E-state index in [2.05, 4.69) is 10.1 Å². The molecule has 27 heavy (non-hydrogen) atoms. The van der Waals surface area contributed by atoms with Gasteiger partial charge in [0.1, 0.15) is 23.9 Å².